The van der Waals surface area contributed by atoms with E-state index in [-0.39, 0.29) is 50.4 Å². The van der Waals surface area contributed by atoms with Gasteiger partial charge in [0.1, 0.15) is 13.2 Å². The van der Waals surface area contributed by atoms with E-state index in [0.29, 0.717) is 12.8 Å². The predicted molar refractivity (Wildman–Crippen MR) is 361 cm³/mol. The van der Waals surface area contributed by atoms with Gasteiger partial charge < -0.3 is 14.2 Å². The van der Waals surface area contributed by atoms with Crippen LogP contribution in [0.25, 0.3) is 0 Å². The van der Waals surface area contributed by atoms with E-state index in [4.69, 9.17) is 14.2 Å². The summed E-state index contributed by atoms with van der Waals surface area (Å²) in [6.07, 6.45) is 104. The zero-order valence-corrected chi connectivity index (χ0v) is 52.9. The topological polar surface area (TPSA) is 78.9 Å². The molecule has 0 aliphatic heterocycles. The predicted octanol–water partition coefficient (Wildman–Crippen LogP) is 23.0. The molecule has 1 unspecified atom stereocenters. The minimum atomic E-state index is -0.840. The van der Waals surface area contributed by atoms with Gasteiger partial charge in [-0.1, -0.05) is 267 Å². The van der Waals surface area contributed by atoms with Gasteiger partial charge in [-0.25, -0.2) is 0 Å². The van der Waals surface area contributed by atoms with Crippen molar-refractivity contribution >= 4 is 17.9 Å². The Morgan fingerprint density at radius 3 is 0.807 bits per heavy atom. The highest BCUT2D eigenvalue weighted by Crippen LogP contribution is 2.13. The molecule has 0 bridgehead atoms. The summed E-state index contributed by atoms with van der Waals surface area (Å²) in [6.45, 7) is 6.29. The third-order valence-electron chi connectivity index (χ3n) is 13.1. The monoisotopic (exact) mass is 1140 g/mol. The molecule has 0 aliphatic rings. The Labute approximate surface area is 509 Å². The lowest BCUT2D eigenvalue weighted by Crippen LogP contribution is -2.30. The molecule has 1 atom stereocenters. The Hall–Kier alpha value is -5.75. The quantitative estimate of drug-likeness (QED) is 0.0261. The smallest absolute Gasteiger partial charge is 0.306 e. The van der Waals surface area contributed by atoms with E-state index >= 15 is 0 Å². The fourth-order valence-corrected chi connectivity index (χ4v) is 8.21. The average molecular weight is 1140 g/mol. The maximum absolute atomic E-state index is 12.9. The lowest BCUT2D eigenvalue weighted by atomic mass is 10.1. The molecule has 83 heavy (non-hydrogen) atoms. The van der Waals surface area contributed by atoms with Crippen LogP contribution in [0.5, 0.6) is 0 Å². The molecule has 0 aromatic rings. The average Bonchev–Trinajstić information content (AvgIpc) is 3.49. The second-order valence-corrected chi connectivity index (χ2v) is 20.9. The number of rotatable bonds is 57. The zero-order chi connectivity index (χ0) is 59.9. The molecule has 0 rings (SSSR count). The minimum absolute atomic E-state index is 0.133. The molecule has 0 spiro atoms. The van der Waals surface area contributed by atoms with Gasteiger partial charge in [0.2, 0.25) is 0 Å². The summed E-state index contributed by atoms with van der Waals surface area (Å²) in [5.74, 6) is -1.05. The van der Waals surface area contributed by atoms with Crippen molar-refractivity contribution in [3.05, 3.63) is 194 Å². The molecular weight excluding hydrogens is 1020 g/mol. The Bertz CT molecular complexity index is 1990. The van der Waals surface area contributed by atoms with Gasteiger partial charge >= 0.3 is 17.9 Å². The van der Waals surface area contributed by atoms with Gasteiger partial charge in [0.05, 0.1) is 0 Å². The van der Waals surface area contributed by atoms with Crippen LogP contribution in [0, 0.1) is 0 Å². The number of carbonyl (C=O) groups excluding carboxylic acids is 3. The number of allylic oxidation sites excluding steroid dienone is 32. The van der Waals surface area contributed by atoms with E-state index in [1.54, 1.807) is 0 Å². The second kappa shape index (κ2) is 68.7. The Kier molecular flexibility index (Phi) is 64.0. The van der Waals surface area contributed by atoms with Crippen LogP contribution in [0.2, 0.25) is 0 Å². The van der Waals surface area contributed by atoms with E-state index in [2.05, 4.69) is 215 Å². The standard InChI is InChI=1S/C77H118O6/c1-4-7-10-13-16-19-22-25-28-30-32-34-35-36-37-38-39-40-41-43-44-46-49-52-55-58-61-64-67-70-76(79)82-73-74(72-81-75(78)69-66-63-60-57-54-51-48-27-24-21-18-15-12-9-6-3)83-77(80)71-68-65-62-59-56-53-50-47-45-42-33-31-29-26-23-20-17-14-11-8-5-2/h7,9-10,12,16,18-19,21,23,25-28,31-34,36-37,39-40,43-45,47-49,52,54,57-58,61,74H,4-6,8,11,13-15,17,20,22,24,29-30,35,38,41-42,46,50-51,53,55-56,59-60,62-73H2,1-3H3/b10-7-,12-9-,19-16-,21-18-,26-23-,28-25-,33-31-,34-32-,37-36-,40-39-,44-43-,47-45-,48-27-,52-49-,57-54-,61-58-. The molecule has 0 saturated heterocycles. The highest BCUT2D eigenvalue weighted by atomic mass is 16.6. The highest BCUT2D eigenvalue weighted by molar-refractivity contribution is 5.71. The van der Waals surface area contributed by atoms with Crippen molar-refractivity contribution < 1.29 is 28.6 Å². The number of hydrogen-bond acceptors (Lipinski definition) is 6. The third kappa shape index (κ3) is 66.9. The molecule has 0 aromatic carbocycles. The number of hydrogen-bond donors (Lipinski definition) is 0. The lowest BCUT2D eigenvalue weighted by Gasteiger charge is -2.18. The summed E-state index contributed by atoms with van der Waals surface area (Å²) < 4.78 is 16.8. The summed E-state index contributed by atoms with van der Waals surface area (Å²) in [5, 5.41) is 0. The molecule has 0 N–H and O–H groups in total. The maximum Gasteiger partial charge on any atom is 0.306 e. The van der Waals surface area contributed by atoms with E-state index in [0.717, 1.165) is 148 Å². The van der Waals surface area contributed by atoms with Gasteiger partial charge in [0, 0.05) is 19.3 Å². The molecular formula is C77H118O6. The van der Waals surface area contributed by atoms with Crippen LogP contribution in [0.3, 0.4) is 0 Å². The van der Waals surface area contributed by atoms with Gasteiger partial charge in [-0.2, -0.15) is 0 Å². The molecule has 0 heterocycles. The first-order valence-electron chi connectivity index (χ1n) is 32.9. The van der Waals surface area contributed by atoms with Crippen molar-refractivity contribution in [3.8, 4) is 0 Å². The fourth-order valence-electron chi connectivity index (χ4n) is 8.21. The SMILES string of the molecule is CC/C=C\C/C=C\C/C=C\C/C=C\C/C=C\C/C=C\C/C=C\C/C=C\C/C=C\CCCC(=O)OCC(COC(=O)CCCC/C=C\C/C=C\C/C=C\C/C=C\CC)OC(=O)CCCCCCCC/C=C\C/C=C\C/C=C\CCCCCCC. The molecule has 0 radical (unpaired) electrons. The van der Waals surface area contributed by atoms with E-state index in [1.165, 1.54) is 51.4 Å². The molecule has 0 amide bonds. The van der Waals surface area contributed by atoms with E-state index in [9.17, 15) is 14.4 Å². The molecule has 6 heteroatoms. The summed E-state index contributed by atoms with van der Waals surface area (Å²) in [4.78, 5) is 38.3. The zero-order valence-electron chi connectivity index (χ0n) is 52.9. The number of unbranched alkanes of at least 4 members (excludes halogenated alkanes) is 14. The first kappa shape index (κ1) is 77.2. The Morgan fingerprint density at radius 1 is 0.253 bits per heavy atom. The van der Waals surface area contributed by atoms with E-state index in [1.807, 2.05) is 0 Å². The van der Waals surface area contributed by atoms with Crippen LogP contribution in [-0.2, 0) is 28.6 Å². The first-order valence-corrected chi connectivity index (χ1v) is 32.9. The van der Waals surface area contributed by atoms with Crippen molar-refractivity contribution in [1.82, 2.24) is 0 Å². The molecule has 0 aliphatic carbocycles. The van der Waals surface area contributed by atoms with E-state index < -0.39 is 6.10 Å². The molecule has 462 valence electrons. The van der Waals surface area contributed by atoms with Crippen LogP contribution in [0.1, 0.15) is 252 Å². The Morgan fingerprint density at radius 2 is 0.482 bits per heavy atom. The van der Waals surface area contributed by atoms with Gasteiger partial charge in [0.15, 0.2) is 6.10 Å². The summed E-state index contributed by atoms with van der Waals surface area (Å²) >= 11 is 0. The molecule has 6 nitrogen and oxygen atoms in total. The fraction of sp³-hybridized carbons (Fsp3) is 0.545. The maximum atomic E-state index is 12.9. The summed E-state index contributed by atoms with van der Waals surface area (Å²) in [5.41, 5.74) is 0. The second-order valence-electron chi connectivity index (χ2n) is 20.9. The third-order valence-corrected chi connectivity index (χ3v) is 13.1. The summed E-state index contributed by atoms with van der Waals surface area (Å²) in [7, 11) is 0. The van der Waals surface area contributed by atoms with Gasteiger partial charge in [-0.15, -0.1) is 0 Å². The van der Waals surface area contributed by atoms with Crippen LogP contribution in [-0.4, -0.2) is 37.2 Å². The largest absolute Gasteiger partial charge is 0.462 e. The van der Waals surface area contributed by atoms with Crippen LogP contribution in [0.4, 0.5) is 0 Å². The van der Waals surface area contributed by atoms with Crippen LogP contribution in [0.15, 0.2) is 194 Å². The molecule has 0 aromatic heterocycles. The van der Waals surface area contributed by atoms with Gasteiger partial charge in [-0.3, -0.25) is 14.4 Å². The highest BCUT2D eigenvalue weighted by Gasteiger charge is 2.19. The molecule has 0 saturated carbocycles. The van der Waals surface area contributed by atoms with Gasteiger partial charge in [0.25, 0.3) is 0 Å². The minimum Gasteiger partial charge on any atom is -0.462 e. The Balaban J connectivity index is 4.56. The van der Waals surface area contributed by atoms with Crippen molar-refractivity contribution in [2.24, 2.45) is 0 Å². The summed E-state index contributed by atoms with van der Waals surface area (Å²) in [6, 6.07) is 0. The van der Waals surface area contributed by atoms with Gasteiger partial charge in [-0.05, 0) is 161 Å². The van der Waals surface area contributed by atoms with Crippen molar-refractivity contribution in [1.29, 1.82) is 0 Å². The van der Waals surface area contributed by atoms with Crippen LogP contribution < -0.4 is 0 Å². The van der Waals surface area contributed by atoms with Crippen LogP contribution >= 0.6 is 0 Å². The van der Waals surface area contributed by atoms with Crippen molar-refractivity contribution in [2.75, 3.05) is 13.2 Å². The number of ether oxygens (including phenoxy) is 3. The lowest BCUT2D eigenvalue weighted by molar-refractivity contribution is -0.167. The first-order chi connectivity index (χ1) is 41.0. The van der Waals surface area contributed by atoms with Crippen molar-refractivity contribution in [2.45, 2.75) is 258 Å². The number of carbonyl (C=O) groups is 3. The normalized spacial score (nSPS) is 13.4. The van der Waals surface area contributed by atoms with Crippen molar-refractivity contribution in [3.63, 3.8) is 0 Å². The molecule has 0 fully saturated rings. The number of esters is 3.